The summed E-state index contributed by atoms with van der Waals surface area (Å²) in [6, 6.07) is 13.5. The summed E-state index contributed by atoms with van der Waals surface area (Å²) in [4.78, 5) is 24.6. The second kappa shape index (κ2) is 7.92. The van der Waals surface area contributed by atoms with Gasteiger partial charge in [0.2, 0.25) is 0 Å². The number of rotatable bonds is 5. The Kier molecular flexibility index (Phi) is 5.43. The fraction of sp³-hybridized carbons (Fsp3) is 0.222. The third kappa shape index (κ3) is 3.97. The molecule has 0 radical (unpaired) electrons. The Labute approximate surface area is 154 Å². The molecule has 2 aromatic carbocycles. The van der Waals surface area contributed by atoms with Crippen LogP contribution in [-0.4, -0.2) is 27.5 Å². The molecule has 7 nitrogen and oxygen atoms in total. The van der Waals surface area contributed by atoms with Crippen LogP contribution in [0.25, 0.3) is 10.8 Å². The van der Waals surface area contributed by atoms with Gasteiger partial charge in [0.15, 0.2) is 6.10 Å². The molecule has 0 saturated carbocycles. The van der Waals surface area contributed by atoms with Crippen LogP contribution in [-0.2, 0) is 11.2 Å². The van der Waals surface area contributed by atoms with Crippen LogP contribution >= 0.6 is 11.5 Å². The SMILES string of the molecule is CCc1nnsc1C(=O)NNC(=O)C(C)Oc1ccc2ccccc2c1. The van der Waals surface area contributed by atoms with Crippen LogP contribution in [0.5, 0.6) is 5.75 Å². The van der Waals surface area contributed by atoms with E-state index in [0.29, 0.717) is 22.7 Å². The van der Waals surface area contributed by atoms with Gasteiger partial charge in [0.05, 0.1) is 5.69 Å². The zero-order chi connectivity index (χ0) is 18.5. The molecule has 2 amide bonds. The average Bonchev–Trinajstić information content (AvgIpc) is 3.14. The summed E-state index contributed by atoms with van der Waals surface area (Å²) in [7, 11) is 0. The summed E-state index contributed by atoms with van der Waals surface area (Å²) < 4.78 is 9.42. The zero-order valence-electron chi connectivity index (χ0n) is 14.4. The van der Waals surface area contributed by atoms with Crippen LogP contribution in [0.4, 0.5) is 0 Å². The number of amides is 2. The number of carbonyl (C=O) groups excluding carboxylic acids is 2. The zero-order valence-corrected chi connectivity index (χ0v) is 15.2. The van der Waals surface area contributed by atoms with E-state index in [4.69, 9.17) is 4.74 Å². The highest BCUT2D eigenvalue weighted by atomic mass is 32.1. The van der Waals surface area contributed by atoms with E-state index < -0.39 is 17.9 Å². The first-order valence-electron chi connectivity index (χ1n) is 8.15. The molecule has 0 aliphatic rings. The Morgan fingerprint density at radius 2 is 1.92 bits per heavy atom. The largest absolute Gasteiger partial charge is 0.481 e. The molecule has 134 valence electrons. The molecule has 3 rings (SSSR count). The Bertz CT molecular complexity index is 941. The first-order chi connectivity index (χ1) is 12.6. The van der Waals surface area contributed by atoms with Crippen molar-refractivity contribution in [2.24, 2.45) is 0 Å². The van der Waals surface area contributed by atoms with E-state index in [1.807, 2.05) is 43.3 Å². The smallest absolute Gasteiger partial charge is 0.283 e. The van der Waals surface area contributed by atoms with Crippen LogP contribution in [0.3, 0.4) is 0 Å². The van der Waals surface area contributed by atoms with E-state index in [-0.39, 0.29) is 0 Å². The predicted octanol–water partition coefficient (Wildman–Crippen LogP) is 2.48. The molecule has 0 aliphatic heterocycles. The van der Waals surface area contributed by atoms with Gasteiger partial charge in [-0.2, -0.15) is 0 Å². The Morgan fingerprint density at radius 1 is 1.15 bits per heavy atom. The second-order valence-corrected chi connectivity index (χ2v) is 6.37. The summed E-state index contributed by atoms with van der Waals surface area (Å²) in [6.07, 6.45) is -0.184. The number of fused-ring (bicyclic) bond motifs is 1. The monoisotopic (exact) mass is 370 g/mol. The molecule has 1 unspecified atom stereocenters. The molecule has 1 heterocycles. The van der Waals surface area contributed by atoms with Crippen molar-refractivity contribution in [1.29, 1.82) is 0 Å². The maximum atomic E-state index is 12.2. The molecule has 0 fully saturated rings. The van der Waals surface area contributed by atoms with Crippen molar-refractivity contribution >= 4 is 34.1 Å². The van der Waals surface area contributed by atoms with Gasteiger partial charge in [0.1, 0.15) is 10.6 Å². The quantitative estimate of drug-likeness (QED) is 0.673. The first-order valence-corrected chi connectivity index (χ1v) is 8.92. The van der Waals surface area contributed by atoms with Crippen LogP contribution in [0.1, 0.15) is 29.2 Å². The molecule has 1 aromatic heterocycles. The highest BCUT2D eigenvalue weighted by Crippen LogP contribution is 2.21. The highest BCUT2D eigenvalue weighted by Gasteiger charge is 2.19. The number of aromatic nitrogens is 2. The molecule has 8 heteroatoms. The summed E-state index contributed by atoms with van der Waals surface area (Å²) in [5.74, 6) is -0.317. The lowest BCUT2D eigenvalue weighted by molar-refractivity contribution is -0.128. The second-order valence-electron chi connectivity index (χ2n) is 5.61. The third-order valence-corrected chi connectivity index (χ3v) is 4.57. The summed E-state index contributed by atoms with van der Waals surface area (Å²) in [5.41, 5.74) is 5.33. The molecular weight excluding hydrogens is 352 g/mol. The highest BCUT2D eigenvalue weighted by molar-refractivity contribution is 7.08. The molecule has 0 aliphatic carbocycles. The molecule has 26 heavy (non-hydrogen) atoms. The lowest BCUT2D eigenvalue weighted by Gasteiger charge is -2.15. The molecule has 3 aromatic rings. The van der Waals surface area contributed by atoms with Crippen molar-refractivity contribution in [3.8, 4) is 5.75 Å². The van der Waals surface area contributed by atoms with Crippen LogP contribution in [0, 0.1) is 0 Å². The van der Waals surface area contributed by atoms with Crippen molar-refractivity contribution in [2.45, 2.75) is 26.4 Å². The minimum absolute atomic E-state index is 0.385. The number of nitrogens with zero attached hydrogens (tertiary/aromatic N) is 2. The Morgan fingerprint density at radius 3 is 2.69 bits per heavy atom. The minimum Gasteiger partial charge on any atom is -0.481 e. The van der Waals surface area contributed by atoms with Crippen molar-refractivity contribution in [3.63, 3.8) is 0 Å². The average molecular weight is 370 g/mol. The summed E-state index contributed by atoms with van der Waals surface area (Å²) in [6.45, 7) is 3.49. The Balaban J connectivity index is 1.58. The number of hydrogen-bond donors (Lipinski definition) is 2. The van der Waals surface area contributed by atoms with Gasteiger partial charge in [0, 0.05) is 0 Å². The minimum atomic E-state index is -0.776. The van der Waals surface area contributed by atoms with E-state index in [9.17, 15) is 9.59 Å². The number of hydrazine groups is 1. The van der Waals surface area contributed by atoms with Crippen molar-refractivity contribution in [3.05, 3.63) is 53.0 Å². The van der Waals surface area contributed by atoms with E-state index in [2.05, 4.69) is 20.4 Å². The molecule has 1 atom stereocenters. The molecular formula is C18H18N4O3S. The number of aryl methyl sites for hydroxylation is 1. The fourth-order valence-electron chi connectivity index (χ4n) is 2.39. The maximum Gasteiger partial charge on any atom is 0.283 e. The van der Waals surface area contributed by atoms with E-state index >= 15 is 0 Å². The van der Waals surface area contributed by atoms with Crippen LogP contribution < -0.4 is 15.6 Å². The lowest BCUT2D eigenvalue weighted by atomic mass is 10.1. The fourth-order valence-corrected chi connectivity index (χ4v) is 3.03. The number of benzene rings is 2. The maximum absolute atomic E-state index is 12.2. The number of carbonyl (C=O) groups is 2. The van der Waals surface area contributed by atoms with Crippen molar-refractivity contribution < 1.29 is 14.3 Å². The molecule has 0 spiro atoms. The van der Waals surface area contributed by atoms with Crippen LogP contribution in [0.15, 0.2) is 42.5 Å². The third-order valence-electron chi connectivity index (χ3n) is 3.80. The van der Waals surface area contributed by atoms with E-state index in [1.165, 1.54) is 0 Å². The van der Waals surface area contributed by atoms with Gasteiger partial charge in [0.25, 0.3) is 11.8 Å². The van der Waals surface area contributed by atoms with E-state index in [1.54, 1.807) is 13.0 Å². The van der Waals surface area contributed by atoms with Gasteiger partial charge in [-0.15, -0.1) is 5.10 Å². The number of nitrogens with one attached hydrogen (secondary N) is 2. The van der Waals surface area contributed by atoms with Gasteiger partial charge >= 0.3 is 0 Å². The predicted molar refractivity (Wildman–Crippen MR) is 98.9 cm³/mol. The van der Waals surface area contributed by atoms with Gasteiger partial charge in [-0.1, -0.05) is 41.7 Å². The molecule has 0 bridgehead atoms. The normalized spacial score (nSPS) is 11.8. The van der Waals surface area contributed by atoms with Gasteiger partial charge < -0.3 is 4.74 Å². The van der Waals surface area contributed by atoms with Crippen LogP contribution in [0.2, 0.25) is 0 Å². The molecule has 2 N–H and O–H groups in total. The Hall–Kier alpha value is -3.00. The van der Waals surface area contributed by atoms with Gasteiger partial charge in [-0.05, 0) is 47.8 Å². The van der Waals surface area contributed by atoms with Gasteiger partial charge in [-0.3, -0.25) is 20.4 Å². The standard InChI is InChI=1S/C18H18N4O3S/c1-3-15-16(26-22-19-15)18(24)21-20-17(23)11(2)25-14-9-8-12-6-4-5-7-13(12)10-14/h4-11H,3H2,1-2H3,(H,20,23)(H,21,24). The summed E-state index contributed by atoms with van der Waals surface area (Å²) >= 11 is 0.990. The number of ether oxygens (including phenoxy) is 1. The topological polar surface area (TPSA) is 93.2 Å². The van der Waals surface area contributed by atoms with Gasteiger partial charge in [-0.25, -0.2) is 0 Å². The van der Waals surface area contributed by atoms with Crippen molar-refractivity contribution in [2.75, 3.05) is 0 Å². The first kappa shape index (κ1) is 17.8. The molecule has 0 saturated heterocycles. The lowest BCUT2D eigenvalue weighted by Crippen LogP contribution is -2.47. The number of hydrogen-bond acceptors (Lipinski definition) is 6. The van der Waals surface area contributed by atoms with Crippen molar-refractivity contribution in [1.82, 2.24) is 20.4 Å². The van der Waals surface area contributed by atoms with E-state index in [0.717, 1.165) is 22.3 Å². The summed E-state index contributed by atoms with van der Waals surface area (Å²) in [5, 5.41) is 5.98.